The molecule has 0 bridgehead atoms. The van der Waals surface area contributed by atoms with Crippen LogP contribution in [-0.2, 0) is 0 Å². The van der Waals surface area contributed by atoms with Crippen molar-refractivity contribution in [2.75, 3.05) is 24.6 Å². The van der Waals surface area contributed by atoms with Crippen LogP contribution in [0.25, 0.3) is 10.9 Å². The lowest BCUT2D eigenvalue weighted by Crippen LogP contribution is -2.35. The number of aliphatic hydroxyl groups is 1. The maximum atomic E-state index is 9.16. The van der Waals surface area contributed by atoms with E-state index in [1.165, 1.54) is 5.39 Å². The zero-order valence-corrected chi connectivity index (χ0v) is 10.4. The average molecular weight is 242 g/mol. The van der Waals surface area contributed by atoms with E-state index in [0.717, 1.165) is 37.3 Å². The third kappa shape index (κ3) is 2.18. The molecule has 0 saturated carbocycles. The molecule has 3 heteroatoms. The highest BCUT2D eigenvalue weighted by Gasteiger charge is 2.19. The number of fused-ring (bicyclic) bond motifs is 1. The van der Waals surface area contributed by atoms with Crippen LogP contribution in [0.1, 0.15) is 12.8 Å². The molecule has 2 heterocycles. The van der Waals surface area contributed by atoms with Gasteiger partial charge in [-0.25, -0.2) is 4.98 Å². The van der Waals surface area contributed by atoms with Crippen molar-refractivity contribution in [1.29, 1.82) is 0 Å². The number of aromatic nitrogens is 1. The number of nitrogens with zero attached hydrogens (tertiary/aromatic N) is 2. The van der Waals surface area contributed by atoms with E-state index >= 15 is 0 Å². The fourth-order valence-electron chi connectivity index (χ4n) is 2.58. The highest BCUT2D eigenvalue weighted by atomic mass is 16.3. The largest absolute Gasteiger partial charge is 0.396 e. The van der Waals surface area contributed by atoms with E-state index in [4.69, 9.17) is 10.1 Å². The van der Waals surface area contributed by atoms with Crippen LogP contribution in [0.3, 0.4) is 0 Å². The molecule has 0 amide bonds. The number of anilines is 1. The minimum absolute atomic E-state index is 0.318. The summed E-state index contributed by atoms with van der Waals surface area (Å²) in [6.07, 6.45) is 2.12. The number of para-hydroxylation sites is 1. The summed E-state index contributed by atoms with van der Waals surface area (Å²) < 4.78 is 0. The van der Waals surface area contributed by atoms with E-state index in [9.17, 15) is 0 Å². The quantitative estimate of drug-likeness (QED) is 0.878. The van der Waals surface area contributed by atoms with Crippen LogP contribution in [0.5, 0.6) is 0 Å². The second-order valence-electron chi connectivity index (χ2n) is 4.98. The lowest BCUT2D eigenvalue weighted by Gasteiger charge is -2.32. The highest BCUT2D eigenvalue weighted by Crippen LogP contribution is 2.23. The van der Waals surface area contributed by atoms with E-state index in [0.29, 0.717) is 12.5 Å². The van der Waals surface area contributed by atoms with Crippen molar-refractivity contribution in [2.45, 2.75) is 12.8 Å². The first-order valence-electron chi connectivity index (χ1n) is 6.58. The third-order valence-electron chi connectivity index (χ3n) is 3.78. The second kappa shape index (κ2) is 4.94. The molecule has 1 N–H and O–H groups in total. The van der Waals surface area contributed by atoms with Crippen LogP contribution in [0, 0.1) is 5.92 Å². The lowest BCUT2D eigenvalue weighted by molar-refractivity contribution is 0.203. The molecule has 1 aliphatic rings. The minimum atomic E-state index is 0.318. The first-order chi connectivity index (χ1) is 8.86. The van der Waals surface area contributed by atoms with Crippen molar-refractivity contribution < 1.29 is 5.11 Å². The maximum Gasteiger partial charge on any atom is 0.129 e. The van der Waals surface area contributed by atoms with Crippen molar-refractivity contribution in [3.05, 3.63) is 36.4 Å². The maximum absolute atomic E-state index is 9.16. The molecule has 1 aromatic carbocycles. The molecule has 94 valence electrons. The van der Waals surface area contributed by atoms with E-state index in [1.54, 1.807) is 0 Å². The third-order valence-corrected chi connectivity index (χ3v) is 3.78. The van der Waals surface area contributed by atoms with Crippen molar-refractivity contribution in [3.8, 4) is 0 Å². The number of piperidine rings is 1. The van der Waals surface area contributed by atoms with Crippen LogP contribution in [0.2, 0.25) is 0 Å². The van der Waals surface area contributed by atoms with E-state index < -0.39 is 0 Å². The summed E-state index contributed by atoms with van der Waals surface area (Å²) in [4.78, 5) is 7.03. The van der Waals surface area contributed by atoms with Gasteiger partial charge in [-0.2, -0.15) is 0 Å². The van der Waals surface area contributed by atoms with Crippen molar-refractivity contribution in [1.82, 2.24) is 4.98 Å². The topological polar surface area (TPSA) is 36.4 Å². The van der Waals surface area contributed by atoms with Crippen molar-refractivity contribution in [3.63, 3.8) is 0 Å². The summed E-state index contributed by atoms with van der Waals surface area (Å²) in [5, 5.41) is 10.3. The number of aliphatic hydroxyl groups excluding tert-OH is 1. The SMILES string of the molecule is OCC1CCN(c2ccc3ccccc3n2)CC1. The molecule has 0 aliphatic carbocycles. The zero-order valence-electron chi connectivity index (χ0n) is 10.4. The number of rotatable bonds is 2. The predicted octanol–water partition coefficient (Wildman–Crippen LogP) is 2.44. The van der Waals surface area contributed by atoms with Gasteiger partial charge in [0.25, 0.3) is 0 Å². The van der Waals surface area contributed by atoms with Gasteiger partial charge < -0.3 is 10.0 Å². The zero-order chi connectivity index (χ0) is 12.4. The Morgan fingerprint density at radius 1 is 1.11 bits per heavy atom. The molecule has 0 unspecified atom stereocenters. The molecule has 2 aromatic rings. The molecule has 0 spiro atoms. The molecule has 1 fully saturated rings. The fourth-order valence-corrected chi connectivity index (χ4v) is 2.58. The Kier molecular flexibility index (Phi) is 3.15. The molecule has 1 aliphatic heterocycles. The molecule has 1 saturated heterocycles. The Labute approximate surface area is 107 Å². The normalized spacial score (nSPS) is 17.3. The Bertz CT molecular complexity index is 533. The van der Waals surface area contributed by atoms with E-state index in [-0.39, 0.29) is 0 Å². The second-order valence-corrected chi connectivity index (χ2v) is 4.98. The Morgan fingerprint density at radius 3 is 2.67 bits per heavy atom. The van der Waals surface area contributed by atoms with Crippen LogP contribution < -0.4 is 4.90 Å². The average Bonchev–Trinajstić information content (AvgIpc) is 2.47. The first-order valence-corrected chi connectivity index (χ1v) is 6.58. The summed E-state index contributed by atoms with van der Waals surface area (Å²) in [5.41, 5.74) is 1.05. The highest BCUT2D eigenvalue weighted by molar-refractivity contribution is 5.80. The van der Waals surface area contributed by atoms with Gasteiger partial charge in [0.2, 0.25) is 0 Å². The van der Waals surface area contributed by atoms with Gasteiger partial charge in [-0.3, -0.25) is 0 Å². The lowest BCUT2D eigenvalue weighted by atomic mass is 9.98. The molecule has 18 heavy (non-hydrogen) atoms. The summed E-state index contributed by atoms with van der Waals surface area (Å²) in [6, 6.07) is 12.4. The van der Waals surface area contributed by atoms with Gasteiger partial charge in [-0.15, -0.1) is 0 Å². The minimum Gasteiger partial charge on any atom is -0.396 e. The summed E-state index contributed by atoms with van der Waals surface area (Å²) >= 11 is 0. The van der Waals surface area contributed by atoms with Gasteiger partial charge >= 0.3 is 0 Å². The van der Waals surface area contributed by atoms with Gasteiger partial charge in [-0.1, -0.05) is 18.2 Å². The fraction of sp³-hybridized carbons (Fsp3) is 0.400. The van der Waals surface area contributed by atoms with E-state index in [2.05, 4.69) is 29.2 Å². The van der Waals surface area contributed by atoms with E-state index in [1.807, 2.05) is 12.1 Å². The molecule has 0 radical (unpaired) electrons. The van der Waals surface area contributed by atoms with Crippen LogP contribution in [-0.4, -0.2) is 29.8 Å². The molecular weight excluding hydrogens is 224 g/mol. The molecule has 1 aromatic heterocycles. The Balaban J connectivity index is 1.82. The van der Waals surface area contributed by atoms with Gasteiger partial charge in [0, 0.05) is 25.1 Å². The smallest absolute Gasteiger partial charge is 0.129 e. The number of hydrogen-bond donors (Lipinski definition) is 1. The molecule has 0 atom stereocenters. The molecular formula is C15H18N2O. The number of pyridine rings is 1. The van der Waals surface area contributed by atoms with Crippen LogP contribution >= 0.6 is 0 Å². The van der Waals surface area contributed by atoms with Gasteiger partial charge in [0.15, 0.2) is 0 Å². The number of benzene rings is 1. The summed E-state index contributed by atoms with van der Waals surface area (Å²) in [6.45, 7) is 2.31. The first kappa shape index (κ1) is 11.5. The van der Waals surface area contributed by atoms with Crippen molar-refractivity contribution >= 4 is 16.7 Å². The van der Waals surface area contributed by atoms with Gasteiger partial charge in [-0.05, 0) is 37.0 Å². The standard InChI is InChI=1S/C15H18N2O/c18-11-12-7-9-17(10-8-12)15-6-5-13-3-1-2-4-14(13)16-15/h1-6,12,18H,7-11H2. The van der Waals surface area contributed by atoms with Crippen LogP contribution in [0.4, 0.5) is 5.82 Å². The van der Waals surface area contributed by atoms with Gasteiger partial charge in [0.05, 0.1) is 5.52 Å². The van der Waals surface area contributed by atoms with Crippen molar-refractivity contribution in [2.24, 2.45) is 5.92 Å². The monoisotopic (exact) mass is 242 g/mol. The molecule has 3 rings (SSSR count). The summed E-state index contributed by atoms with van der Waals surface area (Å²) in [7, 11) is 0. The van der Waals surface area contributed by atoms with Crippen LogP contribution in [0.15, 0.2) is 36.4 Å². The predicted molar refractivity (Wildman–Crippen MR) is 73.8 cm³/mol. The Hall–Kier alpha value is -1.61. The molecule has 3 nitrogen and oxygen atoms in total. The van der Waals surface area contributed by atoms with Gasteiger partial charge in [0.1, 0.15) is 5.82 Å². The number of hydrogen-bond acceptors (Lipinski definition) is 3. The summed E-state index contributed by atoms with van der Waals surface area (Å²) in [5.74, 6) is 1.53. The Morgan fingerprint density at radius 2 is 1.89 bits per heavy atom.